The summed E-state index contributed by atoms with van der Waals surface area (Å²) in [6.07, 6.45) is 5.77. The predicted octanol–water partition coefficient (Wildman–Crippen LogP) is 5.44. The van der Waals surface area contributed by atoms with Crippen LogP contribution in [0, 0.1) is 0 Å². The maximum atomic E-state index is 10.5. The van der Waals surface area contributed by atoms with Gasteiger partial charge >= 0.3 is 13.4 Å². The molecule has 18 nitrogen and oxygen atoms in total. The largest absolute Gasteiger partial charge is 1.00 e. The van der Waals surface area contributed by atoms with Crippen LogP contribution in [0.1, 0.15) is 121 Å². The molecule has 0 aliphatic carbocycles. The summed E-state index contributed by atoms with van der Waals surface area (Å²) in [4.78, 5) is 71.6. The van der Waals surface area contributed by atoms with Crippen LogP contribution in [-0.4, -0.2) is 82.6 Å². The quantitative estimate of drug-likeness (QED) is 0.0747. The lowest BCUT2D eigenvalue weighted by molar-refractivity contribution is -0.540. The molecular weight excluding hydrogens is 588 g/mol. The molecule has 8 N–H and O–H groups in total. The Hall–Kier alpha value is -2.20. The van der Waals surface area contributed by atoms with Crippen LogP contribution in [0.5, 0.6) is 0 Å². The summed E-state index contributed by atoms with van der Waals surface area (Å²) >= 11 is 0. The van der Waals surface area contributed by atoms with Crippen molar-refractivity contribution in [3.8, 4) is 0 Å². The van der Waals surface area contributed by atoms with Gasteiger partial charge in [0.25, 0.3) is 0 Å². The van der Waals surface area contributed by atoms with Gasteiger partial charge in [-0.1, -0.05) is 12.8 Å². The molecule has 1 aliphatic rings. The number of carboxylic acid groups (broad SMARTS) is 2. The smallest absolute Gasteiger partial charge is 0.481 e. The van der Waals surface area contributed by atoms with Crippen LogP contribution >= 0.6 is 0 Å². The van der Waals surface area contributed by atoms with Crippen LogP contribution < -0.4 is 0 Å². The molecule has 43 heavy (non-hydrogen) atoms. The van der Waals surface area contributed by atoms with Crippen molar-refractivity contribution in [2.24, 2.45) is 0 Å². The molecule has 1 saturated heterocycles. The zero-order valence-electron chi connectivity index (χ0n) is 27.2. The fourth-order valence-electron chi connectivity index (χ4n) is 2.43. The van der Waals surface area contributed by atoms with Crippen LogP contribution in [-0.2, 0) is 48.5 Å². The number of hydrogen-bond acceptors (Lipinski definition) is 16. The molecule has 1 fully saturated rings. The molecule has 0 aromatic carbocycles. The van der Waals surface area contributed by atoms with Crippen molar-refractivity contribution in [3.63, 3.8) is 0 Å². The molecule has 18 heteroatoms. The number of carbonyl (C=O) groups is 4. The average molecular weight is 642 g/mol. The molecule has 0 saturated carbocycles. The average Bonchev–Trinajstić information content (AvgIpc) is 2.96. The Morgan fingerprint density at radius 3 is 1.09 bits per heavy atom. The first kappa shape index (κ1) is 50.4. The van der Waals surface area contributed by atoms with Gasteiger partial charge in [-0.3, -0.25) is 41.1 Å². The first-order chi connectivity index (χ1) is 19.9. The molecule has 0 bridgehead atoms. The number of carbonyl (C=O) groups excluding carboxylic acids is 2. The second-order valence-corrected chi connectivity index (χ2v) is 9.95. The number of Topliss-reactive ketones (excluding diaryl/α,β-unsaturated/α-hetero) is 2. The van der Waals surface area contributed by atoms with Gasteiger partial charge in [-0.2, -0.15) is 29.3 Å². The molecule has 0 atom stereocenters. The van der Waals surface area contributed by atoms with Gasteiger partial charge < -0.3 is 19.8 Å². The highest BCUT2D eigenvalue weighted by atomic mass is 17.4. The molecule has 0 amide bonds. The molecule has 0 radical (unpaired) electrons. The summed E-state index contributed by atoms with van der Waals surface area (Å²) < 4.78 is 0. The Morgan fingerprint density at radius 2 is 0.791 bits per heavy atom. The zero-order valence-corrected chi connectivity index (χ0v) is 26.2. The summed E-state index contributed by atoms with van der Waals surface area (Å²) in [6, 6.07) is 0. The molecular formula is C25H53O18+. The second kappa shape index (κ2) is 31.2. The lowest BCUT2D eigenvalue weighted by atomic mass is 10.1. The molecule has 1 heterocycles. The van der Waals surface area contributed by atoms with E-state index in [0.717, 1.165) is 19.3 Å². The highest BCUT2D eigenvalue weighted by Crippen LogP contribution is 2.30. The molecule has 0 aromatic rings. The van der Waals surface area contributed by atoms with Crippen LogP contribution in [0.2, 0.25) is 0 Å². The number of rotatable bonds is 12. The van der Waals surface area contributed by atoms with E-state index in [1.807, 2.05) is 0 Å². The lowest BCUT2D eigenvalue weighted by Gasteiger charge is -2.29. The SMILES string of the molecule is CC(=O)CCCCCC(=O)O.CC(C)=O.CC1(C)OOC(C)(C)OOC(C)(CCCCCC(=O)O)OO1.OO.OO.OO.[H+]. The van der Waals surface area contributed by atoms with E-state index in [0.29, 0.717) is 32.1 Å². The Labute approximate surface area is 252 Å². The van der Waals surface area contributed by atoms with Crippen LogP contribution in [0.25, 0.3) is 0 Å². The summed E-state index contributed by atoms with van der Waals surface area (Å²) in [5.41, 5.74) is 0. The standard InChI is InChI=1S/C14H26O8.C8H14O3.C3H6O.3H2O2/c1-12(2)17-18-13(3,4)20-22-14(5,21-19-12)10-8-6-7-9-11(15)16;1-7(9)5-3-2-4-6-8(10)11;1-3(2)4;3*1-2/h6-10H2,1-5H3,(H,15,16);2-6H2,1H3,(H,10,11);1-2H3;3*1-2H/p+1. The number of carboxylic acids is 2. The minimum absolute atomic E-state index is 0. The Kier molecular flexibility index (Phi) is 36.6. The summed E-state index contributed by atoms with van der Waals surface area (Å²) in [6.45, 7) is 12.8. The third kappa shape index (κ3) is 44.4. The number of ketones is 2. The van der Waals surface area contributed by atoms with Crippen LogP contribution in [0.3, 0.4) is 0 Å². The predicted molar refractivity (Wildman–Crippen MR) is 148 cm³/mol. The maximum Gasteiger partial charge on any atom is 1.00 e. The normalized spacial score (nSPS) is 15.8. The highest BCUT2D eigenvalue weighted by Gasteiger charge is 2.39. The number of unbranched alkanes of at least 4 members (excludes halogenated alkanes) is 4. The Balaban J connectivity index is -0.000000138. The third-order valence-corrected chi connectivity index (χ3v) is 4.22. The first-order valence-electron chi connectivity index (χ1n) is 13.0. The highest BCUT2D eigenvalue weighted by molar-refractivity contribution is 5.75. The van der Waals surface area contributed by atoms with Gasteiger partial charge in [0, 0.05) is 25.7 Å². The third-order valence-electron chi connectivity index (χ3n) is 4.22. The molecule has 0 aromatic heterocycles. The van der Waals surface area contributed by atoms with E-state index in [9.17, 15) is 19.2 Å². The monoisotopic (exact) mass is 641 g/mol. The van der Waals surface area contributed by atoms with Crippen molar-refractivity contribution in [2.45, 2.75) is 137 Å². The van der Waals surface area contributed by atoms with Crippen molar-refractivity contribution in [1.29, 1.82) is 0 Å². The summed E-state index contributed by atoms with van der Waals surface area (Å²) in [7, 11) is 0. The van der Waals surface area contributed by atoms with Crippen molar-refractivity contribution in [2.75, 3.05) is 0 Å². The van der Waals surface area contributed by atoms with E-state index < -0.39 is 29.3 Å². The minimum Gasteiger partial charge on any atom is -0.481 e. The maximum absolute atomic E-state index is 10.5. The van der Waals surface area contributed by atoms with Gasteiger partial charge in [0.15, 0.2) is 0 Å². The van der Waals surface area contributed by atoms with Gasteiger partial charge in [0.05, 0.1) is 0 Å². The van der Waals surface area contributed by atoms with Crippen LogP contribution in [0.4, 0.5) is 0 Å². The van der Waals surface area contributed by atoms with Crippen molar-refractivity contribution in [1.82, 2.24) is 0 Å². The zero-order chi connectivity index (χ0) is 35.1. The molecule has 0 unspecified atom stereocenters. The molecule has 0 spiro atoms. The van der Waals surface area contributed by atoms with Gasteiger partial charge in [0.2, 0.25) is 17.4 Å². The summed E-state index contributed by atoms with van der Waals surface area (Å²) in [5.74, 6) is -4.65. The topological polar surface area (TPSA) is 285 Å². The van der Waals surface area contributed by atoms with E-state index in [1.54, 1.807) is 41.5 Å². The van der Waals surface area contributed by atoms with Gasteiger partial charge in [-0.15, -0.1) is 0 Å². The molecule has 260 valence electrons. The first-order valence-corrected chi connectivity index (χ1v) is 13.0. The second-order valence-electron chi connectivity index (χ2n) is 9.95. The molecule has 1 rings (SSSR count). The van der Waals surface area contributed by atoms with E-state index >= 15 is 0 Å². The van der Waals surface area contributed by atoms with Gasteiger partial charge in [-0.25, -0.2) is 0 Å². The number of hydrogen-bond donors (Lipinski definition) is 8. The van der Waals surface area contributed by atoms with Crippen molar-refractivity contribution in [3.05, 3.63) is 0 Å². The van der Waals surface area contributed by atoms with Gasteiger partial charge in [0.1, 0.15) is 11.6 Å². The fraction of sp³-hybridized carbons (Fsp3) is 0.840. The minimum atomic E-state index is -1.16. The molecule has 1 aliphatic heterocycles. The van der Waals surface area contributed by atoms with E-state index in [4.69, 9.17) is 71.1 Å². The Morgan fingerprint density at radius 1 is 0.512 bits per heavy atom. The number of aliphatic carboxylic acids is 2. The Bertz CT molecular complexity index is 663. The summed E-state index contributed by atoms with van der Waals surface area (Å²) in [5, 5.41) is 52.9. The van der Waals surface area contributed by atoms with E-state index in [1.165, 1.54) is 13.8 Å². The lowest BCUT2D eigenvalue weighted by Crippen LogP contribution is -2.37. The fourth-order valence-corrected chi connectivity index (χ4v) is 2.43. The van der Waals surface area contributed by atoms with Crippen molar-refractivity contribution >= 4 is 23.5 Å². The van der Waals surface area contributed by atoms with E-state index in [-0.39, 0.29) is 25.8 Å². The van der Waals surface area contributed by atoms with Crippen LogP contribution in [0.15, 0.2) is 0 Å². The van der Waals surface area contributed by atoms with E-state index in [2.05, 4.69) is 0 Å². The van der Waals surface area contributed by atoms with Crippen molar-refractivity contribution < 1.29 is 91.7 Å². The van der Waals surface area contributed by atoms with Gasteiger partial charge in [-0.05, 0) is 81.1 Å².